The van der Waals surface area contributed by atoms with E-state index in [1.807, 2.05) is 6.07 Å². The Hall–Kier alpha value is -1.90. The van der Waals surface area contributed by atoms with Gasteiger partial charge in [-0.25, -0.2) is 8.78 Å². The van der Waals surface area contributed by atoms with E-state index >= 15 is 0 Å². The van der Waals surface area contributed by atoms with Crippen LogP contribution >= 0.6 is 0 Å². The monoisotopic (exact) mass is 287 g/mol. The molecule has 1 aliphatic rings. The largest absolute Gasteiger partial charge is 0.382 e. The molecule has 2 aromatic carbocycles. The fraction of sp³-hybridized carbons (Fsp3) is 0.333. The van der Waals surface area contributed by atoms with Crippen molar-refractivity contribution < 1.29 is 8.78 Å². The number of fused-ring (bicyclic) bond motifs is 1. The SMILES string of the molecule is CC1CCc2cc(CCc3c(F)cccc3F)ccc2N1. The summed E-state index contributed by atoms with van der Waals surface area (Å²) >= 11 is 0. The van der Waals surface area contributed by atoms with E-state index in [1.165, 1.54) is 29.4 Å². The number of hydrogen-bond acceptors (Lipinski definition) is 1. The first-order valence-electron chi connectivity index (χ1n) is 7.44. The normalized spacial score (nSPS) is 17.2. The van der Waals surface area contributed by atoms with Gasteiger partial charge in [0.1, 0.15) is 11.6 Å². The van der Waals surface area contributed by atoms with Crippen LogP contribution < -0.4 is 5.32 Å². The van der Waals surface area contributed by atoms with Crippen LogP contribution in [0.2, 0.25) is 0 Å². The molecule has 3 heteroatoms. The van der Waals surface area contributed by atoms with Crippen LogP contribution in [-0.2, 0) is 19.3 Å². The van der Waals surface area contributed by atoms with Crippen LogP contribution in [0.4, 0.5) is 14.5 Å². The molecule has 0 aromatic heterocycles. The van der Waals surface area contributed by atoms with Crippen molar-refractivity contribution in [1.29, 1.82) is 0 Å². The Balaban J connectivity index is 1.74. The Morgan fingerprint density at radius 1 is 1.10 bits per heavy atom. The lowest BCUT2D eigenvalue weighted by Gasteiger charge is -2.24. The Morgan fingerprint density at radius 3 is 2.62 bits per heavy atom. The van der Waals surface area contributed by atoms with E-state index in [0.717, 1.165) is 18.4 Å². The van der Waals surface area contributed by atoms with Crippen molar-refractivity contribution in [3.8, 4) is 0 Å². The van der Waals surface area contributed by atoms with Gasteiger partial charge in [-0.05, 0) is 61.9 Å². The Morgan fingerprint density at radius 2 is 1.86 bits per heavy atom. The molecule has 1 nitrogen and oxygen atoms in total. The Bertz CT molecular complexity index is 631. The highest BCUT2D eigenvalue weighted by atomic mass is 19.1. The Kier molecular flexibility index (Phi) is 3.91. The summed E-state index contributed by atoms with van der Waals surface area (Å²) in [5.41, 5.74) is 3.81. The van der Waals surface area contributed by atoms with E-state index in [1.54, 1.807) is 0 Å². The van der Waals surface area contributed by atoms with Gasteiger partial charge in [-0.15, -0.1) is 0 Å². The van der Waals surface area contributed by atoms with Crippen molar-refractivity contribution in [3.05, 3.63) is 64.7 Å². The second-order valence-electron chi connectivity index (χ2n) is 5.78. The summed E-state index contributed by atoms with van der Waals surface area (Å²) < 4.78 is 27.2. The molecule has 0 amide bonds. The van der Waals surface area contributed by atoms with Gasteiger partial charge in [0.25, 0.3) is 0 Å². The number of halogens is 2. The number of nitrogens with one attached hydrogen (secondary N) is 1. The van der Waals surface area contributed by atoms with Crippen LogP contribution in [0.5, 0.6) is 0 Å². The number of anilines is 1. The molecule has 0 bridgehead atoms. The second-order valence-corrected chi connectivity index (χ2v) is 5.78. The highest BCUT2D eigenvalue weighted by molar-refractivity contribution is 5.55. The van der Waals surface area contributed by atoms with Crippen molar-refractivity contribution in [2.75, 3.05) is 5.32 Å². The zero-order chi connectivity index (χ0) is 14.8. The molecule has 21 heavy (non-hydrogen) atoms. The van der Waals surface area contributed by atoms with Crippen LogP contribution in [0, 0.1) is 11.6 Å². The van der Waals surface area contributed by atoms with Crippen molar-refractivity contribution in [2.45, 2.75) is 38.6 Å². The summed E-state index contributed by atoms with van der Waals surface area (Å²) in [6, 6.07) is 10.8. The zero-order valence-electron chi connectivity index (χ0n) is 12.1. The summed E-state index contributed by atoms with van der Waals surface area (Å²) in [4.78, 5) is 0. The third-order valence-electron chi connectivity index (χ3n) is 4.14. The first-order valence-corrected chi connectivity index (χ1v) is 7.44. The van der Waals surface area contributed by atoms with Gasteiger partial charge in [0.15, 0.2) is 0 Å². The third kappa shape index (κ3) is 3.07. The molecule has 1 atom stereocenters. The van der Waals surface area contributed by atoms with E-state index in [2.05, 4.69) is 24.4 Å². The summed E-state index contributed by atoms with van der Waals surface area (Å²) in [6.45, 7) is 2.18. The van der Waals surface area contributed by atoms with Crippen molar-refractivity contribution >= 4 is 5.69 Å². The number of rotatable bonds is 3. The third-order valence-corrected chi connectivity index (χ3v) is 4.14. The molecular weight excluding hydrogens is 268 g/mol. The van der Waals surface area contributed by atoms with Crippen LogP contribution in [0.15, 0.2) is 36.4 Å². The van der Waals surface area contributed by atoms with Gasteiger partial charge < -0.3 is 5.32 Å². The first-order chi connectivity index (χ1) is 10.1. The molecule has 0 fully saturated rings. The summed E-state index contributed by atoms with van der Waals surface area (Å²) in [5, 5.41) is 3.46. The standard InChI is InChI=1S/C18H19F2N/c1-12-5-8-14-11-13(7-10-18(14)21-12)6-9-15-16(19)3-2-4-17(15)20/h2-4,7,10-12,21H,5-6,8-9H2,1H3. The van der Waals surface area contributed by atoms with E-state index in [9.17, 15) is 8.78 Å². The molecule has 1 aliphatic heterocycles. The fourth-order valence-corrected chi connectivity index (χ4v) is 2.90. The number of aryl methyl sites for hydroxylation is 2. The average Bonchev–Trinajstić information content (AvgIpc) is 2.47. The van der Waals surface area contributed by atoms with Gasteiger partial charge in [-0.3, -0.25) is 0 Å². The van der Waals surface area contributed by atoms with E-state index in [0.29, 0.717) is 18.9 Å². The molecule has 0 radical (unpaired) electrons. The molecule has 2 aromatic rings. The molecule has 1 N–H and O–H groups in total. The lowest BCUT2D eigenvalue weighted by atomic mass is 9.95. The van der Waals surface area contributed by atoms with E-state index in [4.69, 9.17) is 0 Å². The Labute approximate surface area is 124 Å². The van der Waals surface area contributed by atoms with Gasteiger partial charge in [-0.1, -0.05) is 18.2 Å². The van der Waals surface area contributed by atoms with Gasteiger partial charge in [0, 0.05) is 17.3 Å². The molecule has 110 valence electrons. The second kappa shape index (κ2) is 5.84. The van der Waals surface area contributed by atoms with Crippen LogP contribution in [0.1, 0.15) is 30.0 Å². The predicted molar refractivity (Wildman–Crippen MR) is 81.6 cm³/mol. The number of hydrogen-bond donors (Lipinski definition) is 1. The highest BCUT2D eigenvalue weighted by Crippen LogP contribution is 2.26. The lowest BCUT2D eigenvalue weighted by Crippen LogP contribution is -2.21. The van der Waals surface area contributed by atoms with Crippen molar-refractivity contribution in [2.24, 2.45) is 0 Å². The van der Waals surface area contributed by atoms with Crippen LogP contribution in [0.25, 0.3) is 0 Å². The number of benzene rings is 2. The van der Waals surface area contributed by atoms with Gasteiger partial charge in [0.05, 0.1) is 0 Å². The topological polar surface area (TPSA) is 12.0 Å². The minimum atomic E-state index is -0.455. The molecule has 0 aliphatic carbocycles. The minimum Gasteiger partial charge on any atom is -0.382 e. The molecule has 0 saturated heterocycles. The quantitative estimate of drug-likeness (QED) is 0.876. The van der Waals surface area contributed by atoms with Gasteiger partial charge >= 0.3 is 0 Å². The predicted octanol–water partition coefficient (Wildman–Crippen LogP) is 4.50. The van der Waals surface area contributed by atoms with E-state index in [-0.39, 0.29) is 5.56 Å². The maximum Gasteiger partial charge on any atom is 0.129 e. The summed E-state index contributed by atoms with van der Waals surface area (Å²) in [5.74, 6) is -0.910. The molecule has 1 unspecified atom stereocenters. The molecule has 3 rings (SSSR count). The molecule has 0 saturated carbocycles. The van der Waals surface area contributed by atoms with Crippen molar-refractivity contribution in [1.82, 2.24) is 0 Å². The van der Waals surface area contributed by atoms with Gasteiger partial charge in [0.2, 0.25) is 0 Å². The van der Waals surface area contributed by atoms with Gasteiger partial charge in [-0.2, -0.15) is 0 Å². The minimum absolute atomic E-state index is 0.182. The molecular formula is C18H19F2N. The van der Waals surface area contributed by atoms with Crippen LogP contribution in [0.3, 0.4) is 0 Å². The van der Waals surface area contributed by atoms with Crippen LogP contribution in [-0.4, -0.2) is 6.04 Å². The zero-order valence-corrected chi connectivity index (χ0v) is 12.1. The maximum atomic E-state index is 13.6. The smallest absolute Gasteiger partial charge is 0.129 e. The first kappa shape index (κ1) is 14.1. The van der Waals surface area contributed by atoms with E-state index < -0.39 is 11.6 Å². The summed E-state index contributed by atoms with van der Waals surface area (Å²) in [7, 11) is 0. The van der Waals surface area contributed by atoms with Crippen molar-refractivity contribution in [3.63, 3.8) is 0 Å². The highest BCUT2D eigenvalue weighted by Gasteiger charge is 2.14. The molecule has 1 heterocycles. The maximum absolute atomic E-state index is 13.6. The lowest BCUT2D eigenvalue weighted by molar-refractivity contribution is 0.554. The summed E-state index contributed by atoms with van der Waals surface area (Å²) in [6.07, 6.45) is 3.23. The fourth-order valence-electron chi connectivity index (χ4n) is 2.90. The average molecular weight is 287 g/mol. The molecule has 0 spiro atoms.